The fraction of sp³-hybridized carbons (Fsp3) is 0.867. The Bertz CT molecular complexity index is 455. The summed E-state index contributed by atoms with van der Waals surface area (Å²) in [6.45, 7) is 4.00. The predicted molar refractivity (Wildman–Crippen MR) is 68.6 cm³/mol. The van der Waals surface area contributed by atoms with Crippen LogP contribution in [0.4, 0.5) is 0 Å². The van der Waals surface area contributed by atoms with Crippen molar-refractivity contribution in [3.63, 3.8) is 0 Å². The number of carboxylic acid groups (broad SMARTS) is 2. The average molecular weight is 266 g/mol. The van der Waals surface area contributed by atoms with Crippen molar-refractivity contribution in [2.75, 3.05) is 0 Å². The summed E-state index contributed by atoms with van der Waals surface area (Å²) < 4.78 is 0. The Labute approximate surface area is 113 Å². The summed E-state index contributed by atoms with van der Waals surface area (Å²) in [5.74, 6) is -1.44. The summed E-state index contributed by atoms with van der Waals surface area (Å²) in [5.41, 5.74) is -2.51. The van der Waals surface area contributed by atoms with Crippen LogP contribution in [0.2, 0.25) is 0 Å². The lowest BCUT2D eigenvalue weighted by Crippen LogP contribution is -2.53. The summed E-state index contributed by atoms with van der Waals surface area (Å²) >= 11 is 0. The fourth-order valence-corrected chi connectivity index (χ4v) is 6.22. The third-order valence-electron chi connectivity index (χ3n) is 6.81. The van der Waals surface area contributed by atoms with Gasteiger partial charge in [-0.3, -0.25) is 9.59 Å². The van der Waals surface area contributed by atoms with E-state index < -0.39 is 28.2 Å². The quantitative estimate of drug-likeness (QED) is 0.806. The Morgan fingerprint density at radius 3 is 2.16 bits per heavy atom. The van der Waals surface area contributed by atoms with Gasteiger partial charge in [0.2, 0.25) is 0 Å². The molecule has 0 bridgehead atoms. The second-order valence-corrected chi connectivity index (χ2v) is 7.21. The zero-order valence-corrected chi connectivity index (χ0v) is 11.6. The van der Waals surface area contributed by atoms with Crippen molar-refractivity contribution in [2.24, 2.45) is 28.1 Å². The minimum atomic E-state index is -1.07. The van der Waals surface area contributed by atoms with E-state index in [1.54, 1.807) is 0 Å². The van der Waals surface area contributed by atoms with Crippen molar-refractivity contribution in [1.29, 1.82) is 0 Å². The summed E-state index contributed by atoms with van der Waals surface area (Å²) in [4.78, 5) is 24.2. The lowest BCUT2D eigenvalue weighted by molar-refractivity contribution is -0.178. The number of carbonyl (C=O) groups is 2. The maximum Gasteiger partial charge on any atom is 0.311 e. The Morgan fingerprint density at radius 2 is 1.58 bits per heavy atom. The maximum atomic E-state index is 12.1. The van der Waals surface area contributed by atoms with E-state index in [4.69, 9.17) is 0 Å². The van der Waals surface area contributed by atoms with Gasteiger partial charge in [0.15, 0.2) is 0 Å². The SMILES string of the molecule is CC1(C)[C@@H]2CCC[C@@H]2[C@]2(C(=O)O)CCC[C@]12C(=O)O. The molecule has 3 rings (SSSR count). The Kier molecular flexibility index (Phi) is 2.40. The van der Waals surface area contributed by atoms with Crippen LogP contribution in [0.15, 0.2) is 0 Å². The third-order valence-corrected chi connectivity index (χ3v) is 6.81. The van der Waals surface area contributed by atoms with Crippen molar-refractivity contribution in [1.82, 2.24) is 0 Å². The first-order valence-electron chi connectivity index (χ1n) is 7.29. The van der Waals surface area contributed by atoms with Crippen molar-refractivity contribution < 1.29 is 19.8 Å². The molecule has 4 nitrogen and oxygen atoms in total. The van der Waals surface area contributed by atoms with Crippen LogP contribution >= 0.6 is 0 Å². The first-order valence-corrected chi connectivity index (χ1v) is 7.29. The molecule has 0 unspecified atom stereocenters. The number of hydrogen-bond donors (Lipinski definition) is 2. The minimum Gasteiger partial charge on any atom is -0.481 e. The molecule has 3 aliphatic carbocycles. The molecular weight excluding hydrogens is 244 g/mol. The topological polar surface area (TPSA) is 74.6 Å². The molecule has 0 radical (unpaired) electrons. The van der Waals surface area contributed by atoms with E-state index in [0.29, 0.717) is 12.8 Å². The van der Waals surface area contributed by atoms with Gasteiger partial charge in [-0.25, -0.2) is 0 Å². The minimum absolute atomic E-state index is 0.0543. The van der Waals surface area contributed by atoms with Gasteiger partial charge in [-0.15, -0.1) is 0 Å². The van der Waals surface area contributed by atoms with Gasteiger partial charge in [0.05, 0.1) is 10.8 Å². The second-order valence-electron chi connectivity index (χ2n) is 7.21. The molecule has 106 valence electrons. The molecule has 0 aromatic rings. The molecular formula is C15H22O4. The normalized spacial score (nSPS) is 46.8. The van der Waals surface area contributed by atoms with Crippen molar-refractivity contribution in [3.8, 4) is 0 Å². The molecule has 3 fully saturated rings. The number of rotatable bonds is 2. The molecule has 19 heavy (non-hydrogen) atoms. The van der Waals surface area contributed by atoms with Crippen molar-refractivity contribution in [2.45, 2.75) is 52.4 Å². The molecule has 0 amide bonds. The fourth-order valence-electron chi connectivity index (χ4n) is 6.22. The standard InChI is InChI=1S/C15H22O4/c1-13(2)9-5-3-6-10(9)14(11(16)17)7-4-8-15(13,14)12(18)19/h9-10H,3-8H2,1-2H3,(H,16,17)(H,18,19)/t9-,10+,14+,15+/m1/s1. The highest BCUT2D eigenvalue weighted by molar-refractivity contribution is 5.90. The zero-order valence-electron chi connectivity index (χ0n) is 11.6. The molecule has 0 spiro atoms. The van der Waals surface area contributed by atoms with Crippen LogP contribution in [0, 0.1) is 28.1 Å². The Balaban J connectivity index is 2.28. The highest BCUT2D eigenvalue weighted by Crippen LogP contribution is 2.77. The third kappa shape index (κ3) is 1.09. The van der Waals surface area contributed by atoms with E-state index in [-0.39, 0.29) is 11.8 Å². The van der Waals surface area contributed by atoms with Crippen LogP contribution in [0.25, 0.3) is 0 Å². The lowest BCUT2D eigenvalue weighted by Gasteiger charge is -2.44. The van der Waals surface area contributed by atoms with Gasteiger partial charge in [-0.2, -0.15) is 0 Å². The van der Waals surface area contributed by atoms with Crippen molar-refractivity contribution in [3.05, 3.63) is 0 Å². The molecule has 0 aromatic carbocycles. The van der Waals surface area contributed by atoms with Crippen LogP contribution in [0.1, 0.15) is 52.4 Å². The molecule has 4 heteroatoms. The summed E-state index contributed by atoms with van der Waals surface area (Å²) in [6, 6.07) is 0. The van der Waals surface area contributed by atoms with Crippen LogP contribution in [-0.4, -0.2) is 22.2 Å². The Morgan fingerprint density at radius 1 is 0.947 bits per heavy atom. The highest BCUT2D eigenvalue weighted by Gasteiger charge is 2.80. The monoisotopic (exact) mass is 266 g/mol. The Hall–Kier alpha value is -1.06. The molecule has 3 aliphatic rings. The van der Waals surface area contributed by atoms with Gasteiger partial charge in [0, 0.05) is 0 Å². The van der Waals surface area contributed by atoms with Crippen LogP contribution in [0.3, 0.4) is 0 Å². The smallest absolute Gasteiger partial charge is 0.311 e. The average Bonchev–Trinajstić information content (AvgIpc) is 2.95. The lowest BCUT2D eigenvalue weighted by atomic mass is 9.56. The van der Waals surface area contributed by atoms with Gasteiger partial charge in [-0.1, -0.05) is 26.7 Å². The number of fused-ring (bicyclic) bond motifs is 3. The zero-order chi connectivity index (χ0) is 14.1. The molecule has 0 aromatic heterocycles. The molecule has 4 atom stereocenters. The van der Waals surface area contributed by atoms with E-state index >= 15 is 0 Å². The predicted octanol–water partition coefficient (Wildman–Crippen LogP) is 2.77. The largest absolute Gasteiger partial charge is 0.481 e. The molecule has 0 heterocycles. The van der Waals surface area contributed by atoms with E-state index in [0.717, 1.165) is 25.7 Å². The molecule has 3 saturated carbocycles. The molecule has 0 aliphatic heterocycles. The van der Waals surface area contributed by atoms with Gasteiger partial charge < -0.3 is 10.2 Å². The highest BCUT2D eigenvalue weighted by atomic mass is 16.4. The first-order chi connectivity index (χ1) is 8.82. The summed E-state index contributed by atoms with van der Waals surface area (Å²) in [5, 5.41) is 19.8. The maximum absolute atomic E-state index is 12.1. The van der Waals surface area contributed by atoms with Gasteiger partial charge >= 0.3 is 11.9 Å². The summed E-state index contributed by atoms with van der Waals surface area (Å²) in [6.07, 6.45) is 4.71. The summed E-state index contributed by atoms with van der Waals surface area (Å²) in [7, 11) is 0. The van der Waals surface area contributed by atoms with Crippen molar-refractivity contribution >= 4 is 11.9 Å². The molecule has 2 N–H and O–H groups in total. The van der Waals surface area contributed by atoms with Crippen LogP contribution in [0.5, 0.6) is 0 Å². The van der Waals surface area contributed by atoms with E-state index in [1.807, 2.05) is 13.8 Å². The number of hydrogen-bond acceptors (Lipinski definition) is 2. The van der Waals surface area contributed by atoms with Crippen LogP contribution in [-0.2, 0) is 9.59 Å². The number of aliphatic carboxylic acids is 2. The van der Waals surface area contributed by atoms with E-state index in [1.165, 1.54) is 0 Å². The van der Waals surface area contributed by atoms with E-state index in [9.17, 15) is 19.8 Å². The van der Waals surface area contributed by atoms with E-state index in [2.05, 4.69) is 0 Å². The first kappa shape index (κ1) is 12.9. The van der Waals surface area contributed by atoms with Gasteiger partial charge in [0.1, 0.15) is 0 Å². The van der Waals surface area contributed by atoms with Gasteiger partial charge in [-0.05, 0) is 42.9 Å². The second kappa shape index (κ2) is 3.53. The van der Waals surface area contributed by atoms with Gasteiger partial charge in [0.25, 0.3) is 0 Å². The number of carboxylic acids is 2. The van der Waals surface area contributed by atoms with Crippen LogP contribution < -0.4 is 0 Å². The molecule has 0 saturated heterocycles.